The maximum atomic E-state index is 2.55. The van der Waals surface area contributed by atoms with Crippen molar-refractivity contribution in [1.82, 2.24) is 13.7 Å². The van der Waals surface area contributed by atoms with E-state index in [4.69, 9.17) is 0 Å². The number of fused-ring (bicyclic) bond motifs is 9. The van der Waals surface area contributed by atoms with Gasteiger partial charge in [-0.05, 0) is 140 Å². The van der Waals surface area contributed by atoms with Crippen LogP contribution in [0.1, 0.15) is 17.7 Å². The molecule has 13 aromatic rings. The molecule has 10 aromatic carbocycles. The average Bonchev–Trinajstić information content (AvgIpc) is 4.07. The van der Waals surface area contributed by atoms with E-state index in [0.717, 1.165) is 86.1 Å². The fraction of sp³-hybridized carbons (Fsp3) is 0.0303. The van der Waals surface area contributed by atoms with Gasteiger partial charge < -0.3 is 23.5 Å². The summed E-state index contributed by atoms with van der Waals surface area (Å²) in [5, 5.41) is 6.11. The Bertz CT molecular complexity index is 4030. The third-order valence-electron chi connectivity index (χ3n) is 14.4. The third kappa shape index (κ3) is 6.54. The molecule has 71 heavy (non-hydrogen) atoms. The molecule has 1 aliphatic carbocycles. The lowest BCUT2D eigenvalue weighted by molar-refractivity contribution is 0.959. The van der Waals surface area contributed by atoms with Crippen LogP contribution in [0.25, 0.3) is 77.7 Å². The molecule has 0 atom stereocenters. The Hall–Kier alpha value is -9.32. The van der Waals surface area contributed by atoms with Gasteiger partial charge in [0, 0.05) is 66.7 Å². The van der Waals surface area contributed by atoms with Gasteiger partial charge in [0.2, 0.25) is 0 Å². The van der Waals surface area contributed by atoms with E-state index in [2.05, 4.69) is 284 Å². The number of aryl methyl sites for hydroxylation is 1. The molecule has 3 heterocycles. The first kappa shape index (κ1) is 40.7. The number of anilines is 6. The number of hydrogen-bond acceptors (Lipinski definition) is 2. The smallest absolute Gasteiger partial charge is 0.0946 e. The molecule has 1 aliphatic rings. The number of nitrogens with zero attached hydrogens (tertiary/aromatic N) is 5. The van der Waals surface area contributed by atoms with Gasteiger partial charge in [0.15, 0.2) is 0 Å². The Morgan fingerprint density at radius 1 is 0.296 bits per heavy atom. The zero-order valence-corrected chi connectivity index (χ0v) is 39.0. The van der Waals surface area contributed by atoms with Crippen LogP contribution in [0.2, 0.25) is 0 Å². The second-order valence-corrected chi connectivity index (χ2v) is 18.4. The Kier molecular flexibility index (Phi) is 9.59. The highest BCUT2D eigenvalue weighted by Gasteiger charge is 2.27. The van der Waals surface area contributed by atoms with E-state index in [0.29, 0.717) is 0 Å². The molecule has 0 saturated heterocycles. The van der Waals surface area contributed by atoms with Crippen LogP contribution in [0.3, 0.4) is 0 Å². The lowest BCUT2D eigenvalue weighted by Crippen LogP contribution is -2.11. The normalized spacial score (nSPS) is 12.3. The predicted octanol–water partition coefficient (Wildman–Crippen LogP) is 17.7. The molecular weight excluding hydrogens is 863 g/mol. The summed E-state index contributed by atoms with van der Waals surface area (Å²) in [6.07, 6.45) is 6.66. The Labute approximate surface area is 412 Å². The maximum Gasteiger partial charge on any atom is 0.0946 e. The lowest BCUT2D eigenvalue weighted by Gasteiger charge is -2.26. The number of rotatable bonds is 9. The topological polar surface area (TPSA) is 21.3 Å². The van der Waals surface area contributed by atoms with Crippen molar-refractivity contribution in [3.63, 3.8) is 0 Å². The second-order valence-electron chi connectivity index (χ2n) is 18.4. The molecule has 0 aliphatic heterocycles. The van der Waals surface area contributed by atoms with Crippen molar-refractivity contribution in [2.75, 3.05) is 9.80 Å². The van der Waals surface area contributed by atoms with Crippen LogP contribution in [0, 0.1) is 0 Å². The number of hydrogen-bond donors (Lipinski definition) is 0. The SMILES string of the molecule is C1=Cc2c(c3cc(N(c4ccccc4)c4ccccc4)ccc3n2-c2cccc(-n3c4ccccc4c4cc(N(c5ccccc5)c5ccccc5)ccc43)c2-n2c3ccccc3c3ccccc32)CC1. The first-order chi connectivity index (χ1) is 35.3. The van der Waals surface area contributed by atoms with Gasteiger partial charge in [0.1, 0.15) is 0 Å². The van der Waals surface area contributed by atoms with Crippen LogP contribution in [0.15, 0.2) is 255 Å². The molecule has 0 N–H and O–H groups in total. The van der Waals surface area contributed by atoms with E-state index >= 15 is 0 Å². The van der Waals surface area contributed by atoms with Crippen molar-refractivity contribution < 1.29 is 0 Å². The molecule has 5 heteroatoms. The van der Waals surface area contributed by atoms with Crippen LogP contribution >= 0.6 is 0 Å². The molecule has 0 amide bonds. The third-order valence-corrected chi connectivity index (χ3v) is 14.4. The number of para-hydroxylation sites is 8. The Morgan fingerprint density at radius 2 is 0.690 bits per heavy atom. The Balaban J connectivity index is 1.06. The van der Waals surface area contributed by atoms with Crippen molar-refractivity contribution in [3.05, 3.63) is 266 Å². The summed E-state index contributed by atoms with van der Waals surface area (Å²) in [7, 11) is 0. The van der Waals surface area contributed by atoms with E-state index in [9.17, 15) is 0 Å². The van der Waals surface area contributed by atoms with Gasteiger partial charge >= 0.3 is 0 Å². The quantitative estimate of drug-likeness (QED) is 0.144. The molecule has 336 valence electrons. The number of allylic oxidation sites excluding steroid dienone is 1. The van der Waals surface area contributed by atoms with Gasteiger partial charge in [-0.2, -0.15) is 0 Å². The van der Waals surface area contributed by atoms with Crippen LogP contribution in [0.4, 0.5) is 34.1 Å². The van der Waals surface area contributed by atoms with Gasteiger partial charge in [0.05, 0.1) is 44.6 Å². The first-order valence-electron chi connectivity index (χ1n) is 24.6. The van der Waals surface area contributed by atoms with Gasteiger partial charge in [-0.3, -0.25) is 0 Å². The molecule has 0 radical (unpaired) electrons. The van der Waals surface area contributed by atoms with Crippen LogP contribution in [-0.2, 0) is 6.42 Å². The van der Waals surface area contributed by atoms with Gasteiger partial charge in [0.25, 0.3) is 0 Å². The molecule has 0 bridgehead atoms. The summed E-state index contributed by atoms with van der Waals surface area (Å²) in [6, 6.07) is 90.5. The van der Waals surface area contributed by atoms with Crippen LogP contribution in [-0.4, -0.2) is 13.7 Å². The van der Waals surface area contributed by atoms with Crippen molar-refractivity contribution in [2.45, 2.75) is 12.8 Å². The second kappa shape index (κ2) is 16.7. The van der Waals surface area contributed by atoms with Crippen LogP contribution < -0.4 is 9.80 Å². The monoisotopic (exact) mass is 909 g/mol. The molecule has 14 rings (SSSR count). The summed E-state index contributed by atoms with van der Waals surface area (Å²) in [4.78, 5) is 4.73. The van der Waals surface area contributed by atoms with E-state index in [1.807, 2.05) is 0 Å². The molecule has 0 saturated carbocycles. The highest BCUT2D eigenvalue weighted by molar-refractivity contribution is 6.13. The minimum absolute atomic E-state index is 0.956. The highest BCUT2D eigenvalue weighted by Crippen LogP contribution is 2.46. The summed E-state index contributed by atoms with van der Waals surface area (Å²) in [6.45, 7) is 0. The molecule has 0 spiro atoms. The summed E-state index contributed by atoms with van der Waals surface area (Å²) in [5.41, 5.74) is 18.4. The van der Waals surface area contributed by atoms with Gasteiger partial charge in [-0.15, -0.1) is 0 Å². The minimum atomic E-state index is 0.956. The lowest BCUT2D eigenvalue weighted by atomic mass is 10.0. The van der Waals surface area contributed by atoms with Crippen molar-refractivity contribution >= 4 is 94.7 Å². The fourth-order valence-electron chi connectivity index (χ4n) is 11.5. The molecule has 3 aromatic heterocycles. The predicted molar refractivity (Wildman–Crippen MR) is 299 cm³/mol. The zero-order chi connectivity index (χ0) is 46.8. The highest BCUT2D eigenvalue weighted by atomic mass is 15.2. The van der Waals surface area contributed by atoms with E-state index in [1.54, 1.807) is 0 Å². The molecule has 0 fully saturated rings. The summed E-state index contributed by atoms with van der Waals surface area (Å²) < 4.78 is 7.59. The van der Waals surface area contributed by atoms with E-state index in [1.165, 1.54) is 43.7 Å². The summed E-state index contributed by atoms with van der Waals surface area (Å²) >= 11 is 0. The maximum absolute atomic E-state index is 2.55. The minimum Gasteiger partial charge on any atom is -0.310 e. The molecular formula is C66H47N5. The zero-order valence-electron chi connectivity index (χ0n) is 39.0. The van der Waals surface area contributed by atoms with Crippen LogP contribution in [0.5, 0.6) is 0 Å². The molecule has 5 nitrogen and oxygen atoms in total. The average molecular weight is 910 g/mol. The van der Waals surface area contributed by atoms with Crippen molar-refractivity contribution in [1.29, 1.82) is 0 Å². The van der Waals surface area contributed by atoms with Gasteiger partial charge in [-0.1, -0.05) is 140 Å². The fourth-order valence-corrected chi connectivity index (χ4v) is 11.5. The Morgan fingerprint density at radius 3 is 1.20 bits per heavy atom. The standard InChI is InChI=1S/C66H47N5/c1-5-22-46(23-6-1)67(47-24-7-2-8-25-47)50-40-42-62-56(44-50)54-32-15-17-34-58(54)69(62)64-38-21-39-65(66(64)71-60-36-19-13-30-52(60)53-31-14-20-37-61(53)71)70-59-35-18-16-33-55(59)57-45-51(41-43-63(57)70)68(48-26-9-3-10-27-48)49-28-11-4-12-29-49/h1-15,17-32,34-45H,16,33H2. The first-order valence-corrected chi connectivity index (χ1v) is 24.6. The van der Waals surface area contributed by atoms with E-state index in [-0.39, 0.29) is 0 Å². The molecule has 0 unspecified atom stereocenters. The van der Waals surface area contributed by atoms with Crippen molar-refractivity contribution in [3.8, 4) is 17.1 Å². The van der Waals surface area contributed by atoms with E-state index < -0.39 is 0 Å². The van der Waals surface area contributed by atoms with Crippen molar-refractivity contribution in [2.24, 2.45) is 0 Å². The summed E-state index contributed by atoms with van der Waals surface area (Å²) in [5.74, 6) is 0. The number of aromatic nitrogens is 3. The van der Waals surface area contributed by atoms with Gasteiger partial charge in [-0.25, -0.2) is 0 Å². The largest absolute Gasteiger partial charge is 0.310 e. The number of benzene rings is 10.